The monoisotopic (exact) mass is 274 g/mol. The molecule has 6 nitrogen and oxygen atoms in total. The van der Waals surface area contributed by atoms with Crippen molar-refractivity contribution in [2.75, 3.05) is 13.1 Å². The van der Waals surface area contributed by atoms with Crippen LogP contribution in [0.3, 0.4) is 0 Å². The van der Waals surface area contributed by atoms with Crippen molar-refractivity contribution in [2.45, 2.75) is 20.0 Å². The number of hydrogen-bond donors (Lipinski definition) is 2. The van der Waals surface area contributed by atoms with E-state index in [-0.39, 0.29) is 0 Å². The normalized spacial score (nSPS) is 11.6. The van der Waals surface area contributed by atoms with Crippen LogP contribution in [0.2, 0.25) is 0 Å². The molecule has 0 aliphatic carbocycles. The Bertz CT molecular complexity index is 526. The summed E-state index contributed by atoms with van der Waals surface area (Å²) >= 11 is 0. The van der Waals surface area contributed by atoms with Crippen LogP contribution in [0.25, 0.3) is 0 Å². The van der Waals surface area contributed by atoms with E-state index in [9.17, 15) is 0 Å². The summed E-state index contributed by atoms with van der Waals surface area (Å²) in [5, 5.41) is 10.7. The van der Waals surface area contributed by atoms with Crippen molar-refractivity contribution in [1.82, 2.24) is 25.0 Å². The first kappa shape index (κ1) is 14.2. The van der Waals surface area contributed by atoms with Gasteiger partial charge in [0.05, 0.1) is 12.2 Å². The van der Waals surface area contributed by atoms with Crippen molar-refractivity contribution < 1.29 is 0 Å². The lowest BCUT2D eigenvalue weighted by Crippen LogP contribution is -2.38. The minimum Gasteiger partial charge on any atom is -0.357 e. The Hall–Kier alpha value is -2.24. The zero-order valence-electron chi connectivity index (χ0n) is 12.1. The van der Waals surface area contributed by atoms with Crippen LogP contribution >= 0.6 is 0 Å². The number of aromatic nitrogens is 3. The summed E-state index contributed by atoms with van der Waals surface area (Å²) in [6, 6.07) is 6.04. The maximum Gasteiger partial charge on any atom is 0.191 e. The summed E-state index contributed by atoms with van der Waals surface area (Å²) in [6.45, 7) is 5.29. The van der Waals surface area contributed by atoms with Gasteiger partial charge in [0.1, 0.15) is 0 Å². The van der Waals surface area contributed by atoms with Gasteiger partial charge in [-0.3, -0.25) is 4.68 Å². The summed E-state index contributed by atoms with van der Waals surface area (Å²) in [6.07, 6.45) is 5.90. The average molecular weight is 274 g/mol. The van der Waals surface area contributed by atoms with Crippen molar-refractivity contribution in [3.05, 3.63) is 42.5 Å². The highest BCUT2D eigenvalue weighted by Crippen LogP contribution is 1.98. The number of rotatable bonds is 6. The average Bonchev–Trinajstić information content (AvgIpc) is 3.08. The zero-order valence-corrected chi connectivity index (χ0v) is 12.1. The standard InChI is InChI=1S/C14H22N6/c1-3-15-14(16-8-11-20-9-4-5-10-20)17-12-13-6-7-18-19(13)2/h4-7,9-10H,3,8,11-12H2,1-2H3,(H2,15,16,17). The fraction of sp³-hybridized carbons (Fsp3) is 0.429. The van der Waals surface area contributed by atoms with Gasteiger partial charge in [0, 0.05) is 45.3 Å². The van der Waals surface area contributed by atoms with Gasteiger partial charge in [-0.2, -0.15) is 5.10 Å². The van der Waals surface area contributed by atoms with E-state index in [1.165, 1.54) is 0 Å². The first-order valence-electron chi connectivity index (χ1n) is 6.89. The largest absolute Gasteiger partial charge is 0.357 e. The maximum absolute atomic E-state index is 4.56. The summed E-state index contributed by atoms with van der Waals surface area (Å²) in [5.41, 5.74) is 1.09. The summed E-state index contributed by atoms with van der Waals surface area (Å²) in [4.78, 5) is 4.56. The molecule has 2 N–H and O–H groups in total. The molecule has 0 saturated carbocycles. The number of aliphatic imine (C=N–C) groups is 1. The number of nitrogens with zero attached hydrogens (tertiary/aromatic N) is 4. The summed E-state index contributed by atoms with van der Waals surface area (Å²) < 4.78 is 3.98. The molecule has 2 aromatic heterocycles. The predicted octanol–water partition coefficient (Wildman–Crippen LogP) is 0.977. The summed E-state index contributed by atoms with van der Waals surface area (Å²) in [5.74, 6) is 0.834. The van der Waals surface area contributed by atoms with Crippen LogP contribution in [0.4, 0.5) is 0 Å². The maximum atomic E-state index is 4.56. The molecular weight excluding hydrogens is 252 g/mol. The van der Waals surface area contributed by atoms with Crippen LogP contribution in [0.15, 0.2) is 41.8 Å². The molecule has 108 valence electrons. The smallest absolute Gasteiger partial charge is 0.191 e. The SMILES string of the molecule is CCNC(=NCc1ccnn1C)NCCn1cccc1. The van der Waals surface area contributed by atoms with E-state index in [0.717, 1.165) is 31.3 Å². The molecule has 0 radical (unpaired) electrons. The molecule has 6 heteroatoms. The van der Waals surface area contributed by atoms with E-state index in [1.54, 1.807) is 6.20 Å². The second-order valence-corrected chi connectivity index (χ2v) is 4.49. The Balaban J connectivity index is 1.84. The Morgan fingerprint density at radius 2 is 2.10 bits per heavy atom. The second kappa shape index (κ2) is 7.37. The third-order valence-corrected chi connectivity index (χ3v) is 2.99. The Morgan fingerprint density at radius 3 is 2.75 bits per heavy atom. The third-order valence-electron chi connectivity index (χ3n) is 2.99. The van der Waals surface area contributed by atoms with Gasteiger partial charge in [-0.15, -0.1) is 0 Å². The third kappa shape index (κ3) is 4.15. The molecule has 0 bridgehead atoms. The van der Waals surface area contributed by atoms with Crippen molar-refractivity contribution >= 4 is 5.96 Å². The van der Waals surface area contributed by atoms with Crippen molar-refractivity contribution in [2.24, 2.45) is 12.0 Å². The first-order chi connectivity index (χ1) is 9.79. The van der Waals surface area contributed by atoms with Crippen LogP contribution in [-0.4, -0.2) is 33.4 Å². The molecule has 2 heterocycles. The minimum atomic E-state index is 0.620. The zero-order chi connectivity index (χ0) is 14.2. The molecular formula is C14H22N6. The van der Waals surface area contributed by atoms with E-state index < -0.39 is 0 Å². The lowest BCUT2D eigenvalue weighted by atomic mass is 10.4. The fourth-order valence-corrected chi connectivity index (χ4v) is 1.88. The van der Waals surface area contributed by atoms with Gasteiger partial charge >= 0.3 is 0 Å². The van der Waals surface area contributed by atoms with Crippen molar-refractivity contribution in [3.8, 4) is 0 Å². The van der Waals surface area contributed by atoms with Crippen LogP contribution < -0.4 is 10.6 Å². The van der Waals surface area contributed by atoms with Gasteiger partial charge < -0.3 is 15.2 Å². The van der Waals surface area contributed by atoms with Crippen molar-refractivity contribution in [3.63, 3.8) is 0 Å². The van der Waals surface area contributed by atoms with E-state index in [0.29, 0.717) is 6.54 Å². The molecule has 0 fully saturated rings. The van der Waals surface area contributed by atoms with Crippen LogP contribution in [0.1, 0.15) is 12.6 Å². The molecule has 0 aromatic carbocycles. The van der Waals surface area contributed by atoms with Gasteiger partial charge in [-0.1, -0.05) is 0 Å². The van der Waals surface area contributed by atoms with Gasteiger partial charge in [-0.25, -0.2) is 4.99 Å². The van der Waals surface area contributed by atoms with Crippen LogP contribution in [0.5, 0.6) is 0 Å². The van der Waals surface area contributed by atoms with E-state index in [1.807, 2.05) is 29.9 Å². The van der Waals surface area contributed by atoms with Gasteiger partial charge in [0.2, 0.25) is 0 Å². The fourth-order valence-electron chi connectivity index (χ4n) is 1.88. The predicted molar refractivity (Wildman–Crippen MR) is 80.5 cm³/mol. The lowest BCUT2D eigenvalue weighted by Gasteiger charge is -2.11. The first-order valence-corrected chi connectivity index (χ1v) is 6.89. The highest BCUT2D eigenvalue weighted by molar-refractivity contribution is 5.79. The van der Waals surface area contributed by atoms with Crippen LogP contribution in [-0.2, 0) is 20.1 Å². The molecule has 20 heavy (non-hydrogen) atoms. The Kier molecular flexibility index (Phi) is 5.23. The lowest BCUT2D eigenvalue weighted by molar-refractivity contribution is 0.662. The van der Waals surface area contributed by atoms with Crippen LogP contribution in [0, 0.1) is 0 Å². The molecule has 0 aliphatic rings. The molecule has 2 aromatic rings. The topological polar surface area (TPSA) is 59.2 Å². The van der Waals surface area contributed by atoms with E-state index in [2.05, 4.69) is 44.6 Å². The molecule has 0 amide bonds. The molecule has 0 spiro atoms. The van der Waals surface area contributed by atoms with Gasteiger partial charge in [-0.05, 0) is 25.1 Å². The Labute approximate surface area is 119 Å². The molecule has 0 unspecified atom stereocenters. The molecule has 2 rings (SSSR count). The number of aryl methyl sites for hydroxylation is 1. The highest BCUT2D eigenvalue weighted by Gasteiger charge is 2.00. The van der Waals surface area contributed by atoms with Gasteiger partial charge in [0.15, 0.2) is 5.96 Å². The van der Waals surface area contributed by atoms with E-state index >= 15 is 0 Å². The van der Waals surface area contributed by atoms with Crippen molar-refractivity contribution in [1.29, 1.82) is 0 Å². The number of guanidine groups is 1. The number of hydrogen-bond acceptors (Lipinski definition) is 2. The molecule has 0 aliphatic heterocycles. The van der Waals surface area contributed by atoms with Gasteiger partial charge in [0.25, 0.3) is 0 Å². The quantitative estimate of drug-likeness (QED) is 0.610. The molecule has 0 atom stereocenters. The molecule has 0 saturated heterocycles. The highest BCUT2D eigenvalue weighted by atomic mass is 15.3. The number of nitrogens with one attached hydrogen (secondary N) is 2. The van der Waals surface area contributed by atoms with E-state index in [4.69, 9.17) is 0 Å². The Morgan fingerprint density at radius 1 is 1.30 bits per heavy atom. The summed E-state index contributed by atoms with van der Waals surface area (Å²) in [7, 11) is 1.93. The minimum absolute atomic E-state index is 0.620. The second-order valence-electron chi connectivity index (χ2n) is 4.49.